The molecule has 1 fully saturated rings. The van der Waals surface area contributed by atoms with Gasteiger partial charge in [0, 0.05) is 25.6 Å². The maximum atomic E-state index is 11.7. The average molecular weight is 348 g/mol. The standard InChI is InChI=1S/C20H25NO2.ClH/c1-17(16-21-12-14-23-15-13-21)20(22,18-8-4-2-5-9-18)19-10-6-3-7-11-19;/h2-11,17,22H,12-16H2,1H3;1H. The fourth-order valence-electron chi connectivity index (χ4n) is 3.42. The number of benzene rings is 2. The Morgan fingerprint density at radius 3 is 1.88 bits per heavy atom. The molecule has 0 saturated carbocycles. The summed E-state index contributed by atoms with van der Waals surface area (Å²) in [5, 5.41) is 11.7. The molecular formula is C20H26ClNO2. The third-order valence-electron chi connectivity index (χ3n) is 4.78. The van der Waals surface area contributed by atoms with Crippen LogP contribution in [0.3, 0.4) is 0 Å². The molecule has 0 spiro atoms. The van der Waals surface area contributed by atoms with Crippen molar-refractivity contribution in [2.75, 3.05) is 32.8 Å². The van der Waals surface area contributed by atoms with Crippen LogP contribution in [0.1, 0.15) is 18.1 Å². The highest BCUT2D eigenvalue weighted by Gasteiger charge is 2.38. The Morgan fingerprint density at radius 1 is 0.958 bits per heavy atom. The predicted molar refractivity (Wildman–Crippen MR) is 99.6 cm³/mol. The zero-order chi connectivity index (χ0) is 16.1. The smallest absolute Gasteiger partial charge is 0.118 e. The van der Waals surface area contributed by atoms with Crippen molar-refractivity contribution in [2.45, 2.75) is 12.5 Å². The maximum absolute atomic E-state index is 11.7. The van der Waals surface area contributed by atoms with Gasteiger partial charge in [-0.1, -0.05) is 67.6 Å². The van der Waals surface area contributed by atoms with Gasteiger partial charge in [0.05, 0.1) is 13.2 Å². The third kappa shape index (κ3) is 3.98. The van der Waals surface area contributed by atoms with Gasteiger partial charge >= 0.3 is 0 Å². The lowest BCUT2D eigenvalue weighted by Crippen LogP contribution is -2.45. The molecule has 1 aliphatic rings. The Kier molecular flexibility index (Phi) is 6.81. The normalized spacial score (nSPS) is 17.1. The van der Waals surface area contributed by atoms with Gasteiger partial charge in [0.25, 0.3) is 0 Å². The molecule has 1 unspecified atom stereocenters. The fraction of sp³-hybridized carbons (Fsp3) is 0.400. The Balaban J connectivity index is 0.00000208. The number of ether oxygens (including phenoxy) is 1. The summed E-state index contributed by atoms with van der Waals surface area (Å²) >= 11 is 0. The first-order chi connectivity index (χ1) is 11.2. The Labute approximate surface area is 150 Å². The van der Waals surface area contributed by atoms with Crippen LogP contribution in [0.2, 0.25) is 0 Å². The van der Waals surface area contributed by atoms with E-state index in [0.717, 1.165) is 44.0 Å². The number of hydrogen-bond donors (Lipinski definition) is 1. The highest BCUT2D eigenvalue weighted by Crippen LogP contribution is 2.37. The monoisotopic (exact) mass is 347 g/mol. The van der Waals surface area contributed by atoms with Gasteiger partial charge in [-0.15, -0.1) is 12.4 Å². The topological polar surface area (TPSA) is 32.7 Å². The molecule has 1 heterocycles. The molecule has 2 aromatic carbocycles. The molecule has 0 aliphatic carbocycles. The molecule has 3 nitrogen and oxygen atoms in total. The summed E-state index contributed by atoms with van der Waals surface area (Å²) in [6.07, 6.45) is 0. The summed E-state index contributed by atoms with van der Waals surface area (Å²) in [4.78, 5) is 2.38. The SMILES string of the molecule is CC(CN1CCOCC1)C(O)(c1ccccc1)c1ccccc1.Cl. The predicted octanol–water partition coefficient (Wildman–Crippen LogP) is 3.31. The van der Waals surface area contributed by atoms with Crippen molar-refractivity contribution in [1.82, 2.24) is 4.90 Å². The molecule has 0 bridgehead atoms. The molecule has 1 saturated heterocycles. The minimum Gasteiger partial charge on any atom is -0.380 e. The number of aliphatic hydroxyl groups is 1. The lowest BCUT2D eigenvalue weighted by molar-refractivity contribution is -0.0175. The Bertz CT molecular complexity index is 560. The van der Waals surface area contributed by atoms with E-state index in [0.29, 0.717) is 0 Å². The summed E-state index contributed by atoms with van der Waals surface area (Å²) < 4.78 is 5.43. The quantitative estimate of drug-likeness (QED) is 0.900. The third-order valence-corrected chi connectivity index (χ3v) is 4.78. The first-order valence-corrected chi connectivity index (χ1v) is 8.35. The zero-order valence-corrected chi connectivity index (χ0v) is 14.9. The summed E-state index contributed by atoms with van der Waals surface area (Å²) in [6.45, 7) is 6.41. The van der Waals surface area contributed by atoms with E-state index in [4.69, 9.17) is 4.74 Å². The van der Waals surface area contributed by atoms with Crippen LogP contribution in [-0.4, -0.2) is 42.9 Å². The lowest BCUT2D eigenvalue weighted by atomic mass is 9.76. The van der Waals surface area contributed by atoms with Crippen molar-refractivity contribution in [2.24, 2.45) is 5.92 Å². The summed E-state index contributed by atoms with van der Waals surface area (Å²) in [7, 11) is 0. The maximum Gasteiger partial charge on any atom is 0.118 e. The van der Waals surface area contributed by atoms with Crippen molar-refractivity contribution in [3.05, 3.63) is 71.8 Å². The van der Waals surface area contributed by atoms with Crippen molar-refractivity contribution in [3.63, 3.8) is 0 Å². The van der Waals surface area contributed by atoms with Crippen molar-refractivity contribution in [1.29, 1.82) is 0 Å². The van der Waals surface area contributed by atoms with E-state index in [1.54, 1.807) is 0 Å². The molecule has 0 amide bonds. The van der Waals surface area contributed by atoms with Crippen LogP contribution in [0.5, 0.6) is 0 Å². The second-order valence-corrected chi connectivity index (χ2v) is 6.31. The van der Waals surface area contributed by atoms with Crippen LogP contribution in [0, 0.1) is 5.92 Å². The Morgan fingerprint density at radius 2 is 1.42 bits per heavy atom. The van der Waals surface area contributed by atoms with E-state index < -0.39 is 5.60 Å². The second-order valence-electron chi connectivity index (χ2n) is 6.31. The molecule has 0 aromatic heterocycles. The van der Waals surface area contributed by atoms with Crippen LogP contribution in [0.25, 0.3) is 0 Å². The molecular weight excluding hydrogens is 322 g/mol. The van der Waals surface area contributed by atoms with Crippen LogP contribution in [0.15, 0.2) is 60.7 Å². The van der Waals surface area contributed by atoms with E-state index >= 15 is 0 Å². The van der Waals surface area contributed by atoms with Gasteiger partial charge in [-0.2, -0.15) is 0 Å². The average Bonchev–Trinajstić information content (AvgIpc) is 2.63. The molecule has 4 heteroatoms. The van der Waals surface area contributed by atoms with E-state index in [1.807, 2.05) is 60.7 Å². The number of rotatable bonds is 5. The summed E-state index contributed by atoms with van der Waals surface area (Å²) in [5.74, 6) is 0.0744. The molecule has 130 valence electrons. The van der Waals surface area contributed by atoms with E-state index in [2.05, 4.69) is 11.8 Å². The van der Waals surface area contributed by atoms with Gasteiger partial charge in [-0.3, -0.25) is 4.90 Å². The van der Waals surface area contributed by atoms with Crippen molar-refractivity contribution in [3.8, 4) is 0 Å². The summed E-state index contributed by atoms with van der Waals surface area (Å²) in [5.41, 5.74) is 0.916. The van der Waals surface area contributed by atoms with Gasteiger partial charge in [-0.25, -0.2) is 0 Å². The van der Waals surface area contributed by atoms with Crippen molar-refractivity contribution < 1.29 is 9.84 Å². The summed E-state index contributed by atoms with van der Waals surface area (Å²) in [6, 6.07) is 20.0. The van der Waals surface area contributed by atoms with E-state index in [-0.39, 0.29) is 18.3 Å². The van der Waals surface area contributed by atoms with Crippen molar-refractivity contribution >= 4 is 12.4 Å². The van der Waals surface area contributed by atoms with E-state index in [1.165, 1.54) is 0 Å². The zero-order valence-electron chi connectivity index (χ0n) is 14.1. The fourth-order valence-corrected chi connectivity index (χ4v) is 3.42. The largest absolute Gasteiger partial charge is 0.380 e. The molecule has 24 heavy (non-hydrogen) atoms. The van der Waals surface area contributed by atoms with Gasteiger partial charge < -0.3 is 9.84 Å². The van der Waals surface area contributed by atoms with Gasteiger partial charge in [0.2, 0.25) is 0 Å². The number of morpholine rings is 1. The highest BCUT2D eigenvalue weighted by molar-refractivity contribution is 5.85. The molecule has 1 N–H and O–H groups in total. The highest BCUT2D eigenvalue weighted by atomic mass is 35.5. The van der Waals surface area contributed by atoms with Gasteiger partial charge in [-0.05, 0) is 11.1 Å². The first kappa shape index (κ1) is 18.9. The van der Waals surface area contributed by atoms with Gasteiger partial charge in [0.15, 0.2) is 0 Å². The molecule has 1 aliphatic heterocycles. The second kappa shape index (κ2) is 8.63. The minimum atomic E-state index is -0.985. The minimum absolute atomic E-state index is 0. The van der Waals surface area contributed by atoms with Crippen LogP contribution in [0.4, 0.5) is 0 Å². The molecule has 1 atom stereocenters. The Hall–Kier alpha value is -1.39. The van der Waals surface area contributed by atoms with Crippen LogP contribution in [-0.2, 0) is 10.3 Å². The first-order valence-electron chi connectivity index (χ1n) is 8.35. The lowest BCUT2D eigenvalue weighted by Gasteiger charge is -2.39. The molecule has 3 rings (SSSR count). The van der Waals surface area contributed by atoms with Gasteiger partial charge in [0.1, 0.15) is 5.60 Å². The van der Waals surface area contributed by atoms with Crippen LogP contribution < -0.4 is 0 Å². The number of halogens is 1. The van der Waals surface area contributed by atoms with Crippen LogP contribution >= 0.6 is 12.4 Å². The van der Waals surface area contributed by atoms with E-state index in [9.17, 15) is 5.11 Å². The molecule has 0 radical (unpaired) electrons. The number of hydrogen-bond acceptors (Lipinski definition) is 3. The molecule has 2 aromatic rings. The number of nitrogens with zero attached hydrogens (tertiary/aromatic N) is 1.